The maximum atomic E-state index is 13.2. The van der Waals surface area contributed by atoms with Gasteiger partial charge < -0.3 is 4.90 Å². The molecule has 7 heteroatoms. The molecule has 0 aliphatic carbocycles. The number of likely N-dealkylation sites (tertiary alicyclic amines) is 1. The molecule has 0 saturated carbocycles. The van der Waals surface area contributed by atoms with Gasteiger partial charge in [-0.2, -0.15) is 5.10 Å². The van der Waals surface area contributed by atoms with Crippen molar-refractivity contribution in [3.63, 3.8) is 0 Å². The van der Waals surface area contributed by atoms with Gasteiger partial charge in [-0.25, -0.2) is 4.39 Å². The number of aryl methyl sites for hydroxylation is 1. The Balaban J connectivity index is 1.44. The van der Waals surface area contributed by atoms with E-state index in [9.17, 15) is 9.18 Å². The Labute approximate surface area is 169 Å². The van der Waals surface area contributed by atoms with Gasteiger partial charge in [-0.05, 0) is 50.4 Å². The lowest BCUT2D eigenvalue weighted by molar-refractivity contribution is -0.123. The number of ketones is 1. The van der Waals surface area contributed by atoms with E-state index in [1.54, 1.807) is 30.2 Å². The largest absolute Gasteiger partial charge is 0.300 e. The highest BCUT2D eigenvalue weighted by molar-refractivity contribution is 5.87. The Morgan fingerprint density at radius 1 is 1.17 bits per heavy atom. The van der Waals surface area contributed by atoms with Crippen LogP contribution in [0.2, 0.25) is 0 Å². The molecular formula is C22H26FN5O. The quantitative estimate of drug-likeness (QED) is 0.641. The first-order chi connectivity index (χ1) is 14.0. The van der Waals surface area contributed by atoms with Gasteiger partial charge in [-0.3, -0.25) is 19.4 Å². The van der Waals surface area contributed by atoms with Crippen LogP contribution in [0.4, 0.5) is 4.39 Å². The van der Waals surface area contributed by atoms with Crippen molar-refractivity contribution in [3.05, 3.63) is 42.6 Å². The zero-order chi connectivity index (χ0) is 20.4. The van der Waals surface area contributed by atoms with E-state index in [1.165, 1.54) is 0 Å². The van der Waals surface area contributed by atoms with Gasteiger partial charge in [0, 0.05) is 61.2 Å². The standard InChI is InChI=1S/C22H26FN5O/c1-15(23)13-28-5-3-16(4-6-28)22(29)9-20-7-17-8-21(19-12-26-27(2)14-19)25-11-18(17)10-24-20/h7-8,10-12,14-16H,3-6,9,13H2,1-2H3/t15-/m0/s1. The number of hydrogen-bond donors (Lipinski definition) is 0. The smallest absolute Gasteiger partial charge is 0.142 e. The van der Waals surface area contributed by atoms with Crippen LogP contribution in [0, 0.1) is 5.92 Å². The molecule has 4 rings (SSSR count). The summed E-state index contributed by atoms with van der Waals surface area (Å²) in [5, 5.41) is 6.16. The molecule has 3 aromatic heterocycles. The van der Waals surface area contributed by atoms with Crippen molar-refractivity contribution in [1.29, 1.82) is 0 Å². The molecule has 0 bridgehead atoms. The Bertz CT molecular complexity index is 1010. The van der Waals surface area contributed by atoms with Crippen LogP contribution in [0.15, 0.2) is 36.9 Å². The highest BCUT2D eigenvalue weighted by Crippen LogP contribution is 2.23. The summed E-state index contributed by atoms with van der Waals surface area (Å²) in [6.45, 7) is 3.62. The first kappa shape index (κ1) is 19.6. The molecule has 0 N–H and O–H groups in total. The summed E-state index contributed by atoms with van der Waals surface area (Å²) in [5.41, 5.74) is 2.59. The number of alkyl halides is 1. The minimum absolute atomic E-state index is 0.0436. The van der Waals surface area contributed by atoms with Crippen LogP contribution >= 0.6 is 0 Å². The van der Waals surface area contributed by atoms with Crippen molar-refractivity contribution in [2.24, 2.45) is 13.0 Å². The topological polar surface area (TPSA) is 63.9 Å². The first-order valence-corrected chi connectivity index (χ1v) is 10.1. The molecule has 0 radical (unpaired) electrons. The molecule has 1 aliphatic rings. The number of pyridine rings is 2. The number of piperidine rings is 1. The molecular weight excluding hydrogens is 369 g/mol. The van der Waals surface area contributed by atoms with Crippen LogP contribution in [0.5, 0.6) is 0 Å². The van der Waals surface area contributed by atoms with Gasteiger partial charge in [0.15, 0.2) is 0 Å². The molecule has 1 atom stereocenters. The number of aromatic nitrogens is 4. The van der Waals surface area contributed by atoms with Crippen molar-refractivity contribution in [1.82, 2.24) is 24.6 Å². The molecule has 3 aromatic rings. The van der Waals surface area contributed by atoms with Gasteiger partial charge in [-0.1, -0.05) is 0 Å². The number of fused-ring (bicyclic) bond motifs is 1. The van der Waals surface area contributed by atoms with E-state index in [0.717, 1.165) is 53.7 Å². The lowest BCUT2D eigenvalue weighted by Gasteiger charge is -2.31. The normalized spacial score (nSPS) is 16.9. The monoisotopic (exact) mass is 395 g/mol. The summed E-state index contributed by atoms with van der Waals surface area (Å²) >= 11 is 0. The van der Waals surface area contributed by atoms with E-state index in [-0.39, 0.29) is 11.7 Å². The van der Waals surface area contributed by atoms with Gasteiger partial charge in [0.2, 0.25) is 0 Å². The zero-order valence-electron chi connectivity index (χ0n) is 16.9. The molecule has 0 aromatic carbocycles. The third-order valence-electron chi connectivity index (χ3n) is 5.57. The van der Waals surface area contributed by atoms with E-state index in [0.29, 0.717) is 13.0 Å². The van der Waals surface area contributed by atoms with E-state index >= 15 is 0 Å². The highest BCUT2D eigenvalue weighted by atomic mass is 19.1. The molecule has 29 heavy (non-hydrogen) atoms. The number of hydrogen-bond acceptors (Lipinski definition) is 5. The Morgan fingerprint density at radius 2 is 1.93 bits per heavy atom. The third-order valence-corrected chi connectivity index (χ3v) is 5.57. The van der Waals surface area contributed by atoms with Crippen molar-refractivity contribution in [2.45, 2.75) is 32.4 Å². The summed E-state index contributed by atoms with van der Waals surface area (Å²) in [6, 6.07) is 3.99. The molecule has 4 heterocycles. The SMILES string of the molecule is C[C@H](F)CN1CCC(C(=O)Cc2cc3cc(-c4cnn(C)c4)ncc3cn2)CC1. The van der Waals surface area contributed by atoms with Gasteiger partial charge >= 0.3 is 0 Å². The van der Waals surface area contributed by atoms with Crippen LogP contribution in [-0.2, 0) is 18.3 Å². The summed E-state index contributed by atoms with van der Waals surface area (Å²) in [6.07, 6.45) is 8.41. The molecule has 0 spiro atoms. The maximum Gasteiger partial charge on any atom is 0.142 e. The number of Topliss-reactive ketones (excluding diaryl/α,β-unsaturated/α-hetero) is 1. The van der Waals surface area contributed by atoms with Crippen LogP contribution in [-0.4, -0.2) is 56.2 Å². The molecule has 0 unspecified atom stereocenters. The van der Waals surface area contributed by atoms with Crippen molar-refractivity contribution in [3.8, 4) is 11.3 Å². The fourth-order valence-corrected chi connectivity index (χ4v) is 4.01. The highest BCUT2D eigenvalue weighted by Gasteiger charge is 2.25. The van der Waals surface area contributed by atoms with Gasteiger partial charge in [0.05, 0.1) is 11.9 Å². The lowest BCUT2D eigenvalue weighted by Crippen LogP contribution is -2.39. The Kier molecular flexibility index (Phi) is 5.67. The van der Waals surface area contributed by atoms with Crippen molar-refractivity contribution < 1.29 is 9.18 Å². The fourth-order valence-electron chi connectivity index (χ4n) is 4.01. The molecule has 6 nitrogen and oxygen atoms in total. The maximum absolute atomic E-state index is 13.2. The predicted octanol–water partition coefficient (Wildman–Crippen LogP) is 3.21. The third kappa shape index (κ3) is 4.67. The number of carbonyl (C=O) groups excluding carboxylic acids is 1. The number of rotatable bonds is 6. The van der Waals surface area contributed by atoms with Crippen LogP contribution in [0.1, 0.15) is 25.5 Å². The Morgan fingerprint density at radius 3 is 2.62 bits per heavy atom. The van der Waals surface area contributed by atoms with Crippen molar-refractivity contribution >= 4 is 16.6 Å². The van der Waals surface area contributed by atoms with E-state index in [1.807, 2.05) is 25.4 Å². The van der Waals surface area contributed by atoms with Crippen LogP contribution in [0.3, 0.4) is 0 Å². The van der Waals surface area contributed by atoms with Crippen LogP contribution in [0.25, 0.3) is 22.0 Å². The van der Waals surface area contributed by atoms with E-state index in [4.69, 9.17) is 0 Å². The number of carbonyl (C=O) groups is 1. The van der Waals surface area contributed by atoms with E-state index in [2.05, 4.69) is 20.0 Å². The second kappa shape index (κ2) is 8.37. The van der Waals surface area contributed by atoms with Crippen molar-refractivity contribution in [2.75, 3.05) is 19.6 Å². The first-order valence-electron chi connectivity index (χ1n) is 10.1. The van der Waals surface area contributed by atoms with E-state index < -0.39 is 6.17 Å². The fraction of sp³-hybridized carbons (Fsp3) is 0.455. The number of halogens is 1. The van der Waals surface area contributed by atoms with Gasteiger partial charge in [0.1, 0.15) is 12.0 Å². The summed E-state index contributed by atoms with van der Waals surface area (Å²) in [7, 11) is 1.88. The van der Waals surface area contributed by atoms with Gasteiger partial charge in [0.25, 0.3) is 0 Å². The summed E-state index contributed by atoms with van der Waals surface area (Å²) in [4.78, 5) is 23.8. The lowest BCUT2D eigenvalue weighted by atomic mass is 9.90. The average molecular weight is 395 g/mol. The molecule has 1 aliphatic heterocycles. The zero-order valence-corrected chi connectivity index (χ0v) is 16.9. The summed E-state index contributed by atoms with van der Waals surface area (Å²) < 4.78 is 14.9. The minimum Gasteiger partial charge on any atom is -0.300 e. The molecule has 152 valence electrons. The Hall–Kier alpha value is -2.67. The minimum atomic E-state index is -0.824. The molecule has 0 amide bonds. The second-order valence-electron chi connectivity index (χ2n) is 7.99. The molecule has 1 saturated heterocycles. The second-order valence-corrected chi connectivity index (χ2v) is 7.99. The predicted molar refractivity (Wildman–Crippen MR) is 110 cm³/mol. The summed E-state index contributed by atoms with van der Waals surface area (Å²) in [5.74, 6) is 0.272. The number of nitrogens with zero attached hydrogens (tertiary/aromatic N) is 5. The van der Waals surface area contributed by atoms with Gasteiger partial charge in [-0.15, -0.1) is 0 Å². The van der Waals surface area contributed by atoms with Crippen LogP contribution < -0.4 is 0 Å². The molecule has 1 fully saturated rings. The average Bonchev–Trinajstić information content (AvgIpc) is 3.14.